The minimum atomic E-state index is -0.548. The summed E-state index contributed by atoms with van der Waals surface area (Å²) in [6.07, 6.45) is 0. The van der Waals surface area contributed by atoms with Gasteiger partial charge in [-0.2, -0.15) is 0 Å². The molecule has 0 aliphatic rings. The van der Waals surface area contributed by atoms with Crippen LogP contribution in [0.3, 0.4) is 0 Å². The van der Waals surface area contributed by atoms with Crippen molar-refractivity contribution in [2.24, 2.45) is 5.16 Å². The highest BCUT2D eigenvalue weighted by molar-refractivity contribution is 6.34. The average Bonchev–Trinajstić information content (AvgIpc) is 2.44. The van der Waals surface area contributed by atoms with Gasteiger partial charge in [0.2, 0.25) is 0 Å². The summed E-state index contributed by atoms with van der Waals surface area (Å²) in [5, 5.41) is 15.2. The van der Waals surface area contributed by atoms with E-state index in [9.17, 15) is 10.1 Å². The second kappa shape index (κ2) is 6.23. The molecule has 0 spiro atoms. The molecule has 0 bridgehead atoms. The molecule has 6 nitrogen and oxygen atoms in total. The maximum absolute atomic E-state index is 10.8. The van der Waals surface area contributed by atoms with Crippen LogP contribution in [0.4, 0.5) is 11.4 Å². The highest BCUT2D eigenvalue weighted by Gasteiger charge is 2.10. The van der Waals surface area contributed by atoms with Gasteiger partial charge in [0.15, 0.2) is 5.75 Å². The molecule has 108 valence electrons. The van der Waals surface area contributed by atoms with Crippen molar-refractivity contribution >= 4 is 28.7 Å². The third-order valence-electron chi connectivity index (χ3n) is 2.68. The summed E-state index contributed by atoms with van der Waals surface area (Å²) in [4.78, 5) is 15.4. The molecule has 0 saturated heterocycles. The van der Waals surface area contributed by atoms with Crippen molar-refractivity contribution in [3.8, 4) is 5.75 Å². The first-order valence-electron chi connectivity index (χ1n) is 5.99. The number of nitro groups is 1. The van der Waals surface area contributed by atoms with Gasteiger partial charge in [-0.1, -0.05) is 35.0 Å². The lowest BCUT2D eigenvalue weighted by atomic mass is 10.1. The monoisotopic (exact) mass is 305 g/mol. The van der Waals surface area contributed by atoms with Gasteiger partial charge in [-0.3, -0.25) is 10.1 Å². The summed E-state index contributed by atoms with van der Waals surface area (Å²) < 4.78 is 0. The van der Waals surface area contributed by atoms with Gasteiger partial charge in [-0.15, -0.1) is 0 Å². The Kier molecular flexibility index (Phi) is 4.39. The number of nitro benzene ring substituents is 1. The second-order valence-corrected chi connectivity index (χ2v) is 4.67. The highest BCUT2D eigenvalue weighted by Crippen LogP contribution is 2.24. The summed E-state index contributed by atoms with van der Waals surface area (Å²) in [7, 11) is 0. The molecule has 0 atom stereocenters. The molecule has 0 aromatic heterocycles. The smallest absolute Gasteiger partial charge is 0.275 e. The zero-order valence-electron chi connectivity index (χ0n) is 11.1. The predicted molar refractivity (Wildman–Crippen MR) is 81.8 cm³/mol. The predicted octanol–water partition coefficient (Wildman–Crippen LogP) is 3.63. The Morgan fingerprint density at radius 2 is 2.05 bits per heavy atom. The van der Waals surface area contributed by atoms with Gasteiger partial charge < -0.3 is 10.6 Å². The molecule has 0 fully saturated rings. The Hall–Kier alpha value is -2.60. The summed E-state index contributed by atoms with van der Waals surface area (Å²) in [6, 6.07) is 11.1. The van der Waals surface area contributed by atoms with Crippen molar-refractivity contribution in [2.75, 3.05) is 5.73 Å². The van der Waals surface area contributed by atoms with E-state index in [1.165, 1.54) is 18.2 Å². The maximum atomic E-state index is 10.8. The van der Waals surface area contributed by atoms with Crippen molar-refractivity contribution in [3.63, 3.8) is 0 Å². The van der Waals surface area contributed by atoms with E-state index in [0.717, 1.165) is 5.56 Å². The van der Waals surface area contributed by atoms with Crippen LogP contribution in [0.1, 0.15) is 12.5 Å². The number of hydrogen-bond donors (Lipinski definition) is 1. The number of non-ortho nitro benzene ring substituents is 1. The van der Waals surface area contributed by atoms with Gasteiger partial charge in [0, 0.05) is 28.4 Å². The van der Waals surface area contributed by atoms with Gasteiger partial charge >= 0.3 is 0 Å². The summed E-state index contributed by atoms with van der Waals surface area (Å²) in [5.74, 6) is 0.188. The van der Waals surface area contributed by atoms with Gasteiger partial charge in [-0.25, -0.2) is 0 Å². The molecular formula is C14H12ClN3O3. The summed E-state index contributed by atoms with van der Waals surface area (Å²) in [6.45, 7) is 1.72. The first-order valence-corrected chi connectivity index (χ1v) is 6.36. The van der Waals surface area contributed by atoms with Gasteiger partial charge in [-0.05, 0) is 13.0 Å². The standard InChI is InChI=1S/C14H12ClN3O3/c1-9(13-4-2-3-5-14(13)15)17-21-12-7-10(16)6-11(8-12)18(19)20/h2-8H,16H2,1H3/b17-9+. The first-order chi connectivity index (χ1) is 9.97. The fraction of sp³-hybridized carbons (Fsp3) is 0.0714. The summed E-state index contributed by atoms with van der Waals surface area (Å²) in [5.41, 5.74) is 6.92. The first kappa shape index (κ1) is 14.8. The zero-order valence-corrected chi connectivity index (χ0v) is 11.9. The third-order valence-corrected chi connectivity index (χ3v) is 3.01. The molecule has 2 rings (SSSR count). The SMILES string of the molecule is C/C(=N\Oc1cc(N)cc([N+](=O)[O-])c1)c1ccccc1Cl. The largest absolute Gasteiger partial charge is 0.398 e. The number of nitrogen functional groups attached to an aromatic ring is 1. The Morgan fingerprint density at radius 3 is 2.71 bits per heavy atom. The number of anilines is 1. The molecule has 0 amide bonds. The zero-order chi connectivity index (χ0) is 15.4. The lowest BCUT2D eigenvalue weighted by molar-refractivity contribution is -0.384. The van der Waals surface area contributed by atoms with Crippen LogP contribution in [0.2, 0.25) is 5.02 Å². The fourth-order valence-electron chi connectivity index (χ4n) is 1.69. The molecule has 0 heterocycles. The van der Waals surface area contributed by atoms with Crippen LogP contribution in [-0.4, -0.2) is 10.6 Å². The lowest BCUT2D eigenvalue weighted by Gasteiger charge is -2.04. The van der Waals surface area contributed by atoms with Crippen LogP contribution >= 0.6 is 11.6 Å². The van der Waals surface area contributed by atoms with Crippen LogP contribution < -0.4 is 10.6 Å². The molecule has 0 aliphatic carbocycles. The lowest BCUT2D eigenvalue weighted by Crippen LogP contribution is -1.99. The van der Waals surface area contributed by atoms with E-state index in [4.69, 9.17) is 22.2 Å². The number of nitrogens with zero attached hydrogens (tertiary/aromatic N) is 2. The number of oxime groups is 1. The minimum absolute atomic E-state index is 0.157. The van der Waals surface area contributed by atoms with Crippen LogP contribution in [0.25, 0.3) is 0 Å². The van der Waals surface area contributed by atoms with Gasteiger partial charge in [0.05, 0.1) is 16.7 Å². The van der Waals surface area contributed by atoms with Crippen molar-refractivity contribution in [1.29, 1.82) is 0 Å². The van der Waals surface area contributed by atoms with Crippen molar-refractivity contribution < 1.29 is 9.76 Å². The topological polar surface area (TPSA) is 90.8 Å². The highest BCUT2D eigenvalue weighted by atomic mass is 35.5. The Labute approximate surface area is 125 Å². The van der Waals surface area contributed by atoms with E-state index in [0.29, 0.717) is 10.7 Å². The number of nitrogens with two attached hydrogens (primary N) is 1. The quantitative estimate of drug-likeness (QED) is 0.404. The summed E-state index contributed by atoms with van der Waals surface area (Å²) >= 11 is 6.05. The molecule has 21 heavy (non-hydrogen) atoms. The molecule has 2 aromatic carbocycles. The molecular weight excluding hydrogens is 294 g/mol. The fourth-order valence-corrected chi connectivity index (χ4v) is 1.96. The van der Waals surface area contributed by atoms with Gasteiger partial charge in [0.25, 0.3) is 5.69 Å². The van der Waals surface area contributed by atoms with E-state index in [2.05, 4.69) is 5.16 Å². The van der Waals surface area contributed by atoms with Crippen molar-refractivity contribution in [1.82, 2.24) is 0 Å². The van der Waals surface area contributed by atoms with Crippen LogP contribution in [0, 0.1) is 10.1 Å². The second-order valence-electron chi connectivity index (χ2n) is 4.27. The van der Waals surface area contributed by atoms with E-state index in [1.807, 2.05) is 6.07 Å². The minimum Gasteiger partial charge on any atom is -0.398 e. The van der Waals surface area contributed by atoms with Crippen LogP contribution in [0.15, 0.2) is 47.6 Å². The molecule has 0 radical (unpaired) electrons. The molecule has 2 N–H and O–H groups in total. The van der Waals surface area contributed by atoms with E-state index < -0.39 is 4.92 Å². The van der Waals surface area contributed by atoms with E-state index in [-0.39, 0.29) is 17.1 Å². The van der Waals surface area contributed by atoms with Crippen LogP contribution in [-0.2, 0) is 0 Å². The van der Waals surface area contributed by atoms with Crippen molar-refractivity contribution in [2.45, 2.75) is 6.92 Å². The van der Waals surface area contributed by atoms with Crippen molar-refractivity contribution in [3.05, 3.63) is 63.2 Å². The number of halogens is 1. The number of rotatable bonds is 4. The Morgan fingerprint density at radius 1 is 1.33 bits per heavy atom. The Balaban J connectivity index is 2.25. The molecule has 7 heteroatoms. The van der Waals surface area contributed by atoms with E-state index in [1.54, 1.807) is 25.1 Å². The van der Waals surface area contributed by atoms with E-state index >= 15 is 0 Å². The average molecular weight is 306 g/mol. The van der Waals surface area contributed by atoms with Crippen LogP contribution in [0.5, 0.6) is 5.75 Å². The molecule has 0 unspecified atom stereocenters. The molecule has 2 aromatic rings. The molecule has 0 saturated carbocycles. The Bertz CT molecular complexity index is 716. The normalized spacial score (nSPS) is 11.2. The van der Waals surface area contributed by atoms with Gasteiger partial charge in [0.1, 0.15) is 0 Å². The third kappa shape index (κ3) is 3.70. The number of benzene rings is 2. The maximum Gasteiger partial charge on any atom is 0.275 e. The number of hydrogen-bond acceptors (Lipinski definition) is 5. The molecule has 0 aliphatic heterocycles.